The van der Waals surface area contributed by atoms with E-state index in [1.807, 2.05) is 6.92 Å². The summed E-state index contributed by atoms with van der Waals surface area (Å²) in [7, 11) is 0. The fourth-order valence-electron chi connectivity index (χ4n) is 3.00. The fourth-order valence-corrected chi connectivity index (χ4v) is 3.00. The van der Waals surface area contributed by atoms with Crippen molar-refractivity contribution in [2.24, 2.45) is 0 Å². The van der Waals surface area contributed by atoms with E-state index in [2.05, 4.69) is 46.7 Å². The number of urea groups is 1. The topological polar surface area (TPSA) is 64.6 Å². The second-order valence-corrected chi connectivity index (χ2v) is 6.04. The summed E-state index contributed by atoms with van der Waals surface area (Å²) in [6.07, 6.45) is 2.57. The van der Waals surface area contributed by atoms with Gasteiger partial charge in [-0.3, -0.25) is 0 Å². The Morgan fingerprint density at radius 1 is 1.45 bits per heavy atom. The molecule has 1 aromatic carbocycles. The lowest BCUT2D eigenvalue weighted by Gasteiger charge is -2.25. The number of nitrogens with one attached hydrogen (secondary N) is 2. The molecule has 1 aliphatic heterocycles. The van der Waals surface area contributed by atoms with E-state index >= 15 is 0 Å². The third-order valence-corrected chi connectivity index (χ3v) is 4.16. The van der Waals surface area contributed by atoms with Gasteiger partial charge in [-0.1, -0.05) is 18.2 Å². The number of benzene rings is 1. The quantitative estimate of drug-likeness (QED) is 0.721. The molecule has 1 aromatic rings. The first-order chi connectivity index (χ1) is 10.6. The van der Waals surface area contributed by atoms with Crippen LogP contribution in [-0.4, -0.2) is 42.9 Å². The monoisotopic (exact) mass is 305 g/mol. The molecule has 22 heavy (non-hydrogen) atoms. The van der Waals surface area contributed by atoms with E-state index in [1.54, 1.807) is 0 Å². The van der Waals surface area contributed by atoms with Crippen molar-refractivity contribution in [1.82, 2.24) is 10.6 Å². The minimum atomic E-state index is -0.134. The van der Waals surface area contributed by atoms with Gasteiger partial charge in [0.1, 0.15) is 0 Å². The van der Waals surface area contributed by atoms with Crippen LogP contribution in [0.15, 0.2) is 24.3 Å². The van der Waals surface area contributed by atoms with Crippen LogP contribution in [0.3, 0.4) is 0 Å². The standard InChI is InChI=1S/C17H27N3O2/c1-13(6-5-11-21)19-17(22)18-9-10-20-14(2)12-15-7-3-4-8-16(15)20/h3-4,7-8,13-14,21H,5-6,9-12H2,1-2H3,(H2,18,19,22). The Morgan fingerprint density at radius 2 is 2.23 bits per heavy atom. The predicted molar refractivity (Wildman–Crippen MR) is 89.3 cm³/mol. The van der Waals surface area contributed by atoms with Gasteiger partial charge in [0.15, 0.2) is 0 Å². The number of anilines is 1. The van der Waals surface area contributed by atoms with Crippen LogP contribution in [0.1, 0.15) is 32.3 Å². The van der Waals surface area contributed by atoms with Crippen LogP contribution in [0.5, 0.6) is 0 Å². The lowest BCUT2D eigenvalue weighted by atomic mass is 10.1. The van der Waals surface area contributed by atoms with Crippen LogP contribution in [0.25, 0.3) is 0 Å². The van der Waals surface area contributed by atoms with Crippen LogP contribution < -0.4 is 15.5 Å². The summed E-state index contributed by atoms with van der Waals surface area (Å²) in [6, 6.07) is 8.89. The van der Waals surface area contributed by atoms with Gasteiger partial charge >= 0.3 is 6.03 Å². The molecule has 1 heterocycles. The smallest absolute Gasteiger partial charge is 0.315 e. The lowest BCUT2D eigenvalue weighted by Crippen LogP contribution is -2.44. The zero-order valence-corrected chi connectivity index (χ0v) is 13.5. The van der Waals surface area contributed by atoms with Crippen molar-refractivity contribution >= 4 is 11.7 Å². The number of rotatable bonds is 7. The third-order valence-electron chi connectivity index (χ3n) is 4.16. The molecule has 0 aromatic heterocycles. The molecule has 2 atom stereocenters. The van der Waals surface area contributed by atoms with Gasteiger partial charge in [0.25, 0.3) is 0 Å². The summed E-state index contributed by atoms with van der Waals surface area (Å²) in [5.41, 5.74) is 2.67. The minimum Gasteiger partial charge on any atom is -0.396 e. The maximum atomic E-state index is 11.8. The summed E-state index contributed by atoms with van der Waals surface area (Å²) in [4.78, 5) is 14.2. The first-order valence-corrected chi connectivity index (χ1v) is 8.11. The second-order valence-electron chi connectivity index (χ2n) is 6.04. The molecule has 1 aliphatic rings. The van der Waals surface area contributed by atoms with Crippen LogP contribution in [0.2, 0.25) is 0 Å². The number of carbonyl (C=O) groups is 1. The lowest BCUT2D eigenvalue weighted by molar-refractivity contribution is 0.234. The number of aliphatic hydroxyl groups is 1. The SMILES string of the molecule is CC(CCCO)NC(=O)NCCN1c2ccccc2CC1C. The zero-order chi connectivity index (χ0) is 15.9. The van der Waals surface area contributed by atoms with Crippen molar-refractivity contribution in [3.05, 3.63) is 29.8 Å². The molecule has 3 N–H and O–H groups in total. The highest BCUT2D eigenvalue weighted by Crippen LogP contribution is 2.31. The Hall–Kier alpha value is -1.75. The van der Waals surface area contributed by atoms with Crippen molar-refractivity contribution in [2.75, 3.05) is 24.6 Å². The molecule has 2 rings (SSSR count). The first kappa shape index (κ1) is 16.6. The summed E-state index contributed by atoms with van der Waals surface area (Å²) in [6.45, 7) is 5.78. The van der Waals surface area contributed by atoms with E-state index in [0.717, 1.165) is 19.4 Å². The molecule has 0 aliphatic carbocycles. The Morgan fingerprint density at radius 3 is 3.00 bits per heavy atom. The fraction of sp³-hybridized carbons (Fsp3) is 0.588. The van der Waals surface area contributed by atoms with Crippen molar-refractivity contribution in [1.29, 1.82) is 0 Å². The van der Waals surface area contributed by atoms with Crippen LogP contribution in [0, 0.1) is 0 Å². The molecule has 0 radical (unpaired) electrons. The first-order valence-electron chi connectivity index (χ1n) is 8.11. The summed E-state index contributed by atoms with van der Waals surface area (Å²) in [5, 5.41) is 14.6. The van der Waals surface area contributed by atoms with Crippen molar-refractivity contribution in [3.63, 3.8) is 0 Å². The number of para-hydroxylation sites is 1. The van der Waals surface area contributed by atoms with E-state index in [0.29, 0.717) is 19.0 Å². The maximum absolute atomic E-state index is 11.8. The highest BCUT2D eigenvalue weighted by Gasteiger charge is 2.24. The van der Waals surface area contributed by atoms with Gasteiger partial charge in [-0.25, -0.2) is 4.79 Å². The molecule has 0 bridgehead atoms. The highest BCUT2D eigenvalue weighted by atomic mass is 16.3. The number of amides is 2. The van der Waals surface area contributed by atoms with Crippen LogP contribution >= 0.6 is 0 Å². The highest BCUT2D eigenvalue weighted by molar-refractivity contribution is 5.74. The average molecular weight is 305 g/mol. The van der Waals surface area contributed by atoms with Gasteiger partial charge in [-0.15, -0.1) is 0 Å². The van der Waals surface area contributed by atoms with Crippen molar-refractivity contribution in [3.8, 4) is 0 Å². The maximum Gasteiger partial charge on any atom is 0.315 e. The van der Waals surface area contributed by atoms with Crippen molar-refractivity contribution < 1.29 is 9.90 Å². The van der Waals surface area contributed by atoms with E-state index in [1.165, 1.54) is 11.3 Å². The summed E-state index contributed by atoms with van der Waals surface area (Å²) in [5.74, 6) is 0. The molecule has 122 valence electrons. The molecular weight excluding hydrogens is 278 g/mol. The summed E-state index contributed by atoms with van der Waals surface area (Å²) >= 11 is 0. The normalized spacial score (nSPS) is 18.0. The molecule has 0 saturated heterocycles. The number of fused-ring (bicyclic) bond motifs is 1. The van der Waals surface area contributed by atoms with E-state index < -0.39 is 0 Å². The van der Waals surface area contributed by atoms with Crippen molar-refractivity contribution in [2.45, 2.75) is 45.2 Å². The summed E-state index contributed by atoms with van der Waals surface area (Å²) < 4.78 is 0. The molecular formula is C17H27N3O2. The Bertz CT molecular complexity index is 493. The number of hydrogen-bond acceptors (Lipinski definition) is 3. The number of aliphatic hydroxyl groups excluding tert-OH is 1. The molecule has 0 saturated carbocycles. The Balaban J connectivity index is 1.73. The molecule has 2 amide bonds. The van der Waals surface area contributed by atoms with Gasteiger partial charge in [0.2, 0.25) is 0 Å². The van der Waals surface area contributed by atoms with Crippen LogP contribution in [0.4, 0.5) is 10.5 Å². The van der Waals surface area contributed by atoms with E-state index in [-0.39, 0.29) is 18.7 Å². The van der Waals surface area contributed by atoms with E-state index in [4.69, 9.17) is 5.11 Å². The molecule has 5 heteroatoms. The predicted octanol–water partition coefficient (Wildman–Crippen LogP) is 1.90. The minimum absolute atomic E-state index is 0.0820. The second kappa shape index (κ2) is 8.03. The van der Waals surface area contributed by atoms with Gasteiger partial charge in [-0.2, -0.15) is 0 Å². The molecule has 0 fully saturated rings. The number of hydrogen-bond donors (Lipinski definition) is 3. The van der Waals surface area contributed by atoms with Gasteiger partial charge < -0.3 is 20.6 Å². The average Bonchev–Trinajstić information content (AvgIpc) is 2.81. The van der Waals surface area contributed by atoms with Gasteiger partial charge in [0.05, 0.1) is 0 Å². The Labute approximate surface area is 132 Å². The number of carbonyl (C=O) groups excluding carboxylic acids is 1. The third kappa shape index (κ3) is 4.37. The number of nitrogens with zero attached hydrogens (tertiary/aromatic N) is 1. The molecule has 5 nitrogen and oxygen atoms in total. The molecule has 0 spiro atoms. The largest absolute Gasteiger partial charge is 0.396 e. The van der Waals surface area contributed by atoms with E-state index in [9.17, 15) is 4.79 Å². The van der Waals surface area contributed by atoms with Crippen LogP contribution in [-0.2, 0) is 6.42 Å². The molecule has 2 unspecified atom stereocenters. The Kier molecular flexibility index (Phi) is 6.07. The zero-order valence-electron chi connectivity index (χ0n) is 13.5. The van der Waals surface area contributed by atoms with Gasteiger partial charge in [-0.05, 0) is 44.7 Å². The van der Waals surface area contributed by atoms with Gasteiger partial charge in [0, 0.05) is 37.5 Å².